The van der Waals surface area contributed by atoms with Gasteiger partial charge in [-0.1, -0.05) is 5.22 Å². The van der Waals surface area contributed by atoms with E-state index in [9.17, 15) is 0 Å². The number of nitrogens with zero attached hydrogens (tertiary/aromatic N) is 4. The lowest BCUT2D eigenvalue weighted by molar-refractivity contribution is 0.960. The molecule has 0 atom stereocenters. The molecule has 3 N–H and O–H groups in total. The third kappa shape index (κ3) is 3.65. The highest BCUT2D eigenvalue weighted by Gasteiger charge is 2.08. The molecule has 4 rings (SSSR count). The summed E-state index contributed by atoms with van der Waals surface area (Å²) in [5.74, 6) is 1.90. The largest absolute Gasteiger partial charge is 0.368 e. The fraction of sp³-hybridized carbons (Fsp3) is 0.222. The molecule has 0 bridgehead atoms. The molecular formula is C18H19N7. The molecule has 25 heavy (non-hydrogen) atoms. The second-order valence-electron chi connectivity index (χ2n) is 5.75. The number of rotatable bonds is 5. The van der Waals surface area contributed by atoms with Gasteiger partial charge in [-0.2, -0.15) is 0 Å². The van der Waals surface area contributed by atoms with Gasteiger partial charge in [-0.3, -0.25) is 15.4 Å². The van der Waals surface area contributed by atoms with E-state index in [1.165, 1.54) is 0 Å². The summed E-state index contributed by atoms with van der Waals surface area (Å²) in [6, 6.07) is 15.8. The standard InChI is InChI=1S/C18H19N7/c1-5-15(6-2-13(1)17-19-9-10-20-17)23-25-24-16-7-3-14(4-8-16)18-21-11-12-22-18/h1-8H,9-12H2,(H,19,20)(H,21,22)(H,23,24). The maximum absolute atomic E-state index is 4.40. The van der Waals surface area contributed by atoms with E-state index in [0.29, 0.717) is 0 Å². The number of benzene rings is 2. The molecule has 7 nitrogen and oxygen atoms in total. The predicted octanol–water partition coefficient (Wildman–Crippen LogP) is 2.50. The van der Waals surface area contributed by atoms with Gasteiger partial charge in [0.15, 0.2) is 0 Å². The molecular weight excluding hydrogens is 314 g/mol. The zero-order valence-corrected chi connectivity index (χ0v) is 13.7. The average molecular weight is 333 g/mol. The first kappa shape index (κ1) is 15.3. The second kappa shape index (κ2) is 7.12. The van der Waals surface area contributed by atoms with Gasteiger partial charge in [0.1, 0.15) is 11.7 Å². The molecule has 0 amide bonds. The Hall–Kier alpha value is -3.22. The molecule has 0 saturated carbocycles. The van der Waals surface area contributed by atoms with Gasteiger partial charge in [0.05, 0.1) is 24.5 Å². The van der Waals surface area contributed by atoms with Crippen molar-refractivity contribution in [1.29, 1.82) is 0 Å². The Kier molecular flexibility index (Phi) is 4.37. The number of amidine groups is 2. The normalized spacial score (nSPS) is 16.3. The summed E-state index contributed by atoms with van der Waals surface area (Å²) in [5, 5.41) is 14.7. The third-order valence-electron chi connectivity index (χ3n) is 3.99. The maximum Gasteiger partial charge on any atom is 0.128 e. The van der Waals surface area contributed by atoms with Crippen molar-refractivity contribution in [2.24, 2.45) is 20.3 Å². The first-order valence-corrected chi connectivity index (χ1v) is 8.33. The Labute approximate surface area is 146 Å². The summed E-state index contributed by atoms with van der Waals surface area (Å²) < 4.78 is 0. The number of aliphatic imine (C=N–C) groups is 2. The molecule has 2 aromatic rings. The molecule has 0 saturated heterocycles. The minimum atomic E-state index is 0.788. The molecule has 2 aliphatic heterocycles. The minimum Gasteiger partial charge on any atom is -0.368 e. The Morgan fingerprint density at radius 1 is 0.760 bits per heavy atom. The lowest BCUT2D eigenvalue weighted by Crippen LogP contribution is -2.19. The molecule has 0 unspecified atom stereocenters. The Balaban J connectivity index is 1.35. The summed E-state index contributed by atoms with van der Waals surface area (Å²) >= 11 is 0. The lowest BCUT2D eigenvalue weighted by atomic mass is 10.2. The summed E-state index contributed by atoms with van der Waals surface area (Å²) in [6.07, 6.45) is 0. The van der Waals surface area contributed by atoms with Crippen LogP contribution in [0.2, 0.25) is 0 Å². The van der Waals surface area contributed by atoms with Crippen molar-refractivity contribution in [3.05, 3.63) is 59.7 Å². The van der Waals surface area contributed by atoms with Crippen molar-refractivity contribution in [2.75, 3.05) is 31.6 Å². The molecule has 0 fully saturated rings. The third-order valence-corrected chi connectivity index (χ3v) is 3.99. The van der Waals surface area contributed by atoms with E-state index in [-0.39, 0.29) is 0 Å². The van der Waals surface area contributed by atoms with Gasteiger partial charge in [-0.25, -0.2) is 0 Å². The maximum atomic E-state index is 4.40. The highest BCUT2D eigenvalue weighted by Crippen LogP contribution is 2.16. The SMILES string of the molecule is c1cc(C2=NCCN2)ccc1N=NNc1ccc(C2=NCCN2)cc1. The van der Waals surface area contributed by atoms with Crippen molar-refractivity contribution in [2.45, 2.75) is 0 Å². The van der Waals surface area contributed by atoms with Crippen molar-refractivity contribution in [1.82, 2.24) is 10.6 Å². The quantitative estimate of drug-likeness (QED) is 0.580. The fourth-order valence-electron chi connectivity index (χ4n) is 2.71. The van der Waals surface area contributed by atoms with Crippen LogP contribution in [-0.2, 0) is 0 Å². The highest BCUT2D eigenvalue weighted by molar-refractivity contribution is 6.00. The molecule has 126 valence electrons. The summed E-state index contributed by atoms with van der Waals surface area (Å²) in [5.41, 5.74) is 6.77. The first-order valence-electron chi connectivity index (χ1n) is 8.33. The van der Waals surface area contributed by atoms with Crippen LogP contribution < -0.4 is 16.1 Å². The predicted molar refractivity (Wildman–Crippen MR) is 99.8 cm³/mol. The molecule has 7 heteroatoms. The van der Waals surface area contributed by atoms with Crippen LogP contribution >= 0.6 is 0 Å². The van der Waals surface area contributed by atoms with Gasteiger partial charge in [-0.05, 0) is 48.5 Å². The Morgan fingerprint density at radius 3 is 1.84 bits per heavy atom. The monoisotopic (exact) mass is 333 g/mol. The Bertz CT molecular complexity index is 820. The summed E-state index contributed by atoms with van der Waals surface area (Å²) in [7, 11) is 0. The molecule has 2 aliphatic rings. The second-order valence-corrected chi connectivity index (χ2v) is 5.75. The molecule has 0 aromatic heterocycles. The van der Waals surface area contributed by atoms with E-state index in [0.717, 1.165) is 60.4 Å². The first-order chi connectivity index (χ1) is 12.4. The van der Waals surface area contributed by atoms with E-state index in [1.807, 2.05) is 48.5 Å². The van der Waals surface area contributed by atoms with Gasteiger partial charge in [0.2, 0.25) is 0 Å². The van der Waals surface area contributed by atoms with Crippen molar-refractivity contribution >= 4 is 23.0 Å². The number of hydrogen-bond acceptors (Lipinski definition) is 6. The number of nitrogens with one attached hydrogen (secondary N) is 3. The summed E-state index contributed by atoms with van der Waals surface area (Å²) in [6.45, 7) is 3.49. The van der Waals surface area contributed by atoms with Crippen LogP contribution in [0, 0.1) is 0 Å². The molecule has 2 aromatic carbocycles. The molecule has 0 radical (unpaired) electrons. The van der Waals surface area contributed by atoms with Crippen molar-refractivity contribution < 1.29 is 0 Å². The van der Waals surface area contributed by atoms with E-state index in [1.54, 1.807) is 0 Å². The lowest BCUT2D eigenvalue weighted by Gasteiger charge is -2.04. The Morgan fingerprint density at radius 2 is 1.32 bits per heavy atom. The molecule has 0 spiro atoms. The average Bonchev–Trinajstić information content (AvgIpc) is 3.37. The van der Waals surface area contributed by atoms with Gasteiger partial charge >= 0.3 is 0 Å². The van der Waals surface area contributed by atoms with Crippen molar-refractivity contribution in [3.63, 3.8) is 0 Å². The van der Waals surface area contributed by atoms with Gasteiger partial charge in [-0.15, -0.1) is 5.11 Å². The van der Waals surface area contributed by atoms with E-state index in [4.69, 9.17) is 0 Å². The van der Waals surface area contributed by atoms with E-state index < -0.39 is 0 Å². The minimum absolute atomic E-state index is 0.788. The van der Waals surface area contributed by atoms with Crippen LogP contribution in [0.5, 0.6) is 0 Å². The van der Waals surface area contributed by atoms with Gasteiger partial charge in [0, 0.05) is 24.2 Å². The summed E-state index contributed by atoms with van der Waals surface area (Å²) in [4.78, 5) is 8.80. The van der Waals surface area contributed by atoms with Crippen LogP contribution in [0.15, 0.2) is 68.9 Å². The topological polar surface area (TPSA) is 85.5 Å². The van der Waals surface area contributed by atoms with E-state index >= 15 is 0 Å². The molecule has 2 heterocycles. The zero-order chi connectivity index (χ0) is 16.9. The zero-order valence-electron chi connectivity index (χ0n) is 13.7. The van der Waals surface area contributed by atoms with Crippen LogP contribution in [0.1, 0.15) is 11.1 Å². The van der Waals surface area contributed by atoms with Gasteiger partial charge in [0.25, 0.3) is 0 Å². The van der Waals surface area contributed by atoms with Crippen LogP contribution in [0.4, 0.5) is 11.4 Å². The van der Waals surface area contributed by atoms with E-state index in [2.05, 4.69) is 36.4 Å². The van der Waals surface area contributed by atoms with Crippen LogP contribution in [0.3, 0.4) is 0 Å². The smallest absolute Gasteiger partial charge is 0.128 e. The number of anilines is 1. The van der Waals surface area contributed by atoms with Gasteiger partial charge < -0.3 is 10.6 Å². The number of hydrogen-bond donors (Lipinski definition) is 3. The molecule has 0 aliphatic carbocycles. The highest BCUT2D eigenvalue weighted by atomic mass is 15.4. The van der Waals surface area contributed by atoms with Crippen LogP contribution in [-0.4, -0.2) is 37.9 Å². The van der Waals surface area contributed by atoms with Crippen LogP contribution in [0.25, 0.3) is 0 Å². The fourth-order valence-corrected chi connectivity index (χ4v) is 2.71. The van der Waals surface area contributed by atoms with Crippen molar-refractivity contribution in [3.8, 4) is 0 Å².